The van der Waals surface area contributed by atoms with Gasteiger partial charge in [0, 0.05) is 18.1 Å². The summed E-state index contributed by atoms with van der Waals surface area (Å²) in [4.78, 5) is 10.4. The Hall–Kier alpha value is -1.64. The number of non-ortho nitro benzene ring substituents is 1. The highest BCUT2D eigenvalue weighted by molar-refractivity contribution is 5.53. The van der Waals surface area contributed by atoms with Crippen molar-refractivity contribution in [2.45, 2.75) is 31.6 Å². The fourth-order valence-corrected chi connectivity index (χ4v) is 3.18. The summed E-state index contributed by atoms with van der Waals surface area (Å²) < 4.78 is 0. The van der Waals surface area contributed by atoms with E-state index in [9.17, 15) is 10.1 Å². The molecule has 0 spiro atoms. The molecule has 2 bridgehead atoms. The molecule has 2 atom stereocenters. The van der Waals surface area contributed by atoms with Gasteiger partial charge in [-0.3, -0.25) is 10.1 Å². The molecule has 2 unspecified atom stereocenters. The lowest BCUT2D eigenvalue weighted by Gasteiger charge is -2.17. The topological polar surface area (TPSA) is 43.1 Å². The van der Waals surface area contributed by atoms with E-state index >= 15 is 0 Å². The lowest BCUT2D eigenvalue weighted by molar-refractivity contribution is -0.384. The molecule has 0 saturated heterocycles. The summed E-state index contributed by atoms with van der Waals surface area (Å²) in [5, 5.41) is 10.7. The van der Waals surface area contributed by atoms with E-state index in [1.807, 2.05) is 6.07 Å². The van der Waals surface area contributed by atoms with Crippen molar-refractivity contribution < 1.29 is 4.92 Å². The Morgan fingerprint density at radius 2 is 2.25 bits per heavy atom. The number of nitro groups is 1. The van der Waals surface area contributed by atoms with Crippen molar-refractivity contribution >= 4 is 5.69 Å². The van der Waals surface area contributed by atoms with Crippen molar-refractivity contribution in [3.63, 3.8) is 0 Å². The Balaban J connectivity index is 2.12. The molecule has 0 N–H and O–H groups in total. The van der Waals surface area contributed by atoms with E-state index in [2.05, 4.69) is 13.0 Å². The average molecular weight is 215 g/mol. The number of nitro benzene ring substituents is 1. The Labute approximate surface area is 93.9 Å². The molecule has 2 aliphatic rings. The SMILES string of the molecule is C/C=C1/CC2CC1c1cc([N+](=O)[O-])ccc12. The first-order chi connectivity index (χ1) is 7.70. The number of benzene rings is 1. The second-order valence-corrected chi connectivity index (χ2v) is 4.62. The first kappa shape index (κ1) is 9.58. The van der Waals surface area contributed by atoms with Crippen LogP contribution in [-0.4, -0.2) is 4.92 Å². The highest BCUT2D eigenvalue weighted by Crippen LogP contribution is 2.56. The third-order valence-corrected chi connectivity index (χ3v) is 3.92. The van der Waals surface area contributed by atoms with Gasteiger partial charge in [-0.25, -0.2) is 0 Å². The van der Waals surface area contributed by atoms with Crippen molar-refractivity contribution in [2.24, 2.45) is 0 Å². The largest absolute Gasteiger partial charge is 0.269 e. The summed E-state index contributed by atoms with van der Waals surface area (Å²) in [6.07, 6.45) is 4.47. The molecule has 16 heavy (non-hydrogen) atoms. The molecular weight excluding hydrogens is 202 g/mol. The maximum absolute atomic E-state index is 10.7. The molecular formula is C13H13NO2. The van der Waals surface area contributed by atoms with Gasteiger partial charge in [0.25, 0.3) is 5.69 Å². The van der Waals surface area contributed by atoms with Crippen LogP contribution in [0.4, 0.5) is 5.69 Å². The quantitative estimate of drug-likeness (QED) is 0.408. The van der Waals surface area contributed by atoms with Crippen LogP contribution in [0, 0.1) is 10.1 Å². The molecule has 0 aromatic heterocycles. The lowest BCUT2D eigenvalue weighted by Crippen LogP contribution is -2.02. The molecule has 0 amide bonds. The van der Waals surface area contributed by atoms with Gasteiger partial charge >= 0.3 is 0 Å². The standard InChI is InChI=1S/C13H13NO2/c1-2-8-5-9-6-12(8)13-7-10(14(15)16)3-4-11(9)13/h2-4,7,9,12H,5-6H2,1H3/b8-2-. The minimum Gasteiger partial charge on any atom is -0.258 e. The van der Waals surface area contributed by atoms with E-state index in [1.165, 1.54) is 16.7 Å². The maximum atomic E-state index is 10.7. The minimum atomic E-state index is -0.304. The molecule has 3 heteroatoms. The van der Waals surface area contributed by atoms with Gasteiger partial charge < -0.3 is 0 Å². The van der Waals surface area contributed by atoms with Crippen molar-refractivity contribution in [2.75, 3.05) is 0 Å². The van der Waals surface area contributed by atoms with Crippen LogP contribution in [0.5, 0.6) is 0 Å². The van der Waals surface area contributed by atoms with Gasteiger partial charge in [-0.2, -0.15) is 0 Å². The summed E-state index contributed by atoms with van der Waals surface area (Å²) in [5.74, 6) is 1.05. The molecule has 2 aliphatic carbocycles. The van der Waals surface area contributed by atoms with Crippen LogP contribution in [0.2, 0.25) is 0 Å². The van der Waals surface area contributed by atoms with Gasteiger partial charge in [-0.15, -0.1) is 0 Å². The fourth-order valence-electron chi connectivity index (χ4n) is 3.18. The summed E-state index contributed by atoms with van der Waals surface area (Å²) in [7, 11) is 0. The van der Waals surface area contributed by atoms with Crippen molar-refractivity contribution in [1.29, 1.82) is 0 Å². The zero-order valence-corrected chi connectivity index (χ0v) is 9.14. The van der Waals surface area contributed by atoms with Crippen molar-refractivity contribution in [1.82, 2.24) is 0 Å². The number of rotatable bonds is 1. The predicted octanol–water partition coefficient (Wildman–Crippen LogP) is 3.52. The summed E-state index contributed by atoms with van der Waals surface area (Å²) >= 11 is 0. The first-order valence-corrected chi connectivity index (χ1v) is 5.64. The molecule has 0 radical (unpaired) electrons. The molecule has 0 aliphatic heterocycles. The van der Waals surface area contributed by atoms with Gasteiger partial charge in [-0.1, -0.05) is 17.7 Å². The van der Waals surface area contributed by atoms with E-state index in [1.54, 1.807) is 12.1 Å². The summed E-state index contributed by atoms with van der Waals surface area (Å²) in [5.41, 5.74) is 4.21. The molecule has 1 aromatic rings. The highest BCUT2D eigenvalue weighted by Gasteiger charge is 2.40. The monoisotopic (exact) mass is 215 g/mol. The van der Waals surface area contributed by atoms with Crippen LogP contribution in [0.15, 0.2) is 29.8 Å². The number of hydrogen-bond acceptors (Lipinski definition) is 2. The van der Waals surface area contributed by atoms with Gasteiger partial charge in [0.05, 0.1) is 4.92 Å². The number of fused-ring (bicyclic) bond motifs is 5. The number of nitrogens with zero attached hydrogens (tertiary/aromatic N) is 1. The Morgan fingerprint density at radius 1 is 1.44 bits per heavy atom. The van der Waals surface area contributed by atoms with E-state index < -0.39 is 0 Å². The molecule has 3 nitrogen and oxygen atoms in total. The van der Waals surface area contributed by atoms with E-state index in [4.69, 9.17) is 0 Å². The fraction of sp³-hybridized carbons (Fsp3) is 0.385. The zero-order chi connectivity index (χ0) is 11.3. The van der Waals surface area contributed by atoms with Crippen molar-refractivity contribution in [3.8, 4) is 0 Å². The summed E-state index contributed by atoms with van der Waals surface area (Å²) in [6, 6.07) is 5.35. The van der Waals surface area contributed by atoms with Crippen LogP contribution in [0.25, 0.3) is 0 Å². The minimum absolute atomic E-state index is 0.224. The van der Waals surface area contributed by atoms with Gasteiger partial charge in [0.2, 0.25) is 0 Å². The molecule has 1 saturated carbocycles. The van der Waals surface area contributed by atoms with Crippen LogP contribution >= 0.6 is 0 Å². The molecule has 3 rings (SSSR count). The van der Waals surface area contributed by atoms with Crippen LogP contribution < -0.4 is 0 Å². The Kier molecular flexibility index (Phi) is 1.90. The lowest BCUT2D eigenvalue weighted by atomic mass is 9.87. The third-order valence-electron chi connectivity index (χ3n) is 3.92. The molecule has 1 fully saturated rings. The third kappa shape index (κ3) is 1.14. The second kappa shape index (κ2) is 3.17. The zero-order valence-electron chi connectivity index (χ0n) is 9.14. The Bertz CT molecular complexity index is 505. The molecule has 0 heterocycles. The molecule has 82 valence electrons. The smallest absolute Gasteiger partial charge is 0.258 e. The number of allylic oxidation sites excluding steroid dienone is 2. The second-order valence-electron chi connectivity index (χ2n) is 4.62. The first-order valence-electron chi connectivity index (χ1n) is 5.64. The van der Waals surface area contributed by atoms with Crippen LogP contribution in [0.3, 0.4) is 0 Å². The number of hydrogen-bond donors (Lipinski definition) is 0. The normalized spacial score (nSPS) is 28.4. The van der Waals surface area contributed by atoms with Gasteiger partial charge in [-0.05, 0) is 36.8 Å². The summed E-state index contributed by atoms with van der Waals surface area (Å²) in [6.45, 7) is 2.06. The van der Waals surface area contributed by atoms with E-state index in [0.29, 0.717) is 11.8 Å². The average Bonchev–Trinajstić information content (AvgIpc) is 2.86. The van der Waals surface area contributed by atoms with E-state index in [0.717, 1.165) is 12.8 Å². The molecule has 1 aromatic carbocycles. The Morgan fingerprint density at radius 3 is 2.94 bits per heavy atom. The van der Waals surface area contributed by atoms with Gasteiger partial charge in [0.15, 0.2) is 0 Å². The maximum Gasteiger partial charge on any atom is 0.269 e. The van der Waals surface area contributed by atoms with Crippen LogP contribution in [-0.2, 0) is 0 Å². The van der Waals surface area contributed by atoms with Crippen molar-refractivity contribution in [3.05, 3.63) is 51.1 Å². The van der Waals surface area contributed by atoms with Gasteiger partial charge in [0.1, 0.15) is 0 Å². The highest BCUT2D eigenvalue weighted by atomic mass is 16.6. The predicted molar refractivity (Wildman–Crippen MR) is 61.6 cm³/mol. The van der Waals surface area contributed by atoms with Crippen LogP contribution in [0.1, 0.15) is 42.7 Å². The van der Waals surface area contributed by atoms with E-state index in [-0.39, 0.29) is 10.6 Å².